The average molecular weight is 324 g/mol. The zero-order valence-corrected chi connectivity index (χ0v) is 13.8. The first-order valence-electron chi connectivity index (χ1n) is 6.53. The van der Waals surface area contributed by atoms with Crippen LogP contribution in [0.15, 0.2) is 34.0 Å². The molecule has 0 N–H and O–H groups in total. The molecule has 1 unspecified atom stereocenters. The lowest BCUT2D eigenvalue weighted by molar-refractivity contribution is -0.128. The normalized spacial score (nSPS) is 12.2. The first kappa shape index (κ1) is 16.0. The number of benzene rings is 1. The number of rotatable bonds is 5. The molecule has 2 rings (SSSR count). The van der Waals surface area contributed by atoms with Crippen LogP contribution in [0, 0.1) is 12.7 Å². The number of amides is 1. The molecule has 0 spiro atoms. The van der Waals surface area contributed by atoms with Crippen molar-refractivity contribution in [3.63, 3.8) is 0 Å². The van der Waals surface area contributed by atoms with Crippen molar-refractivity contribution in [2.45, 2.75) is 24.2 Å². The van der Waals surface area contributed by atoms with Gasteiger partial charge in [-0.15, -0.1) is 11.3 Å². The third-order valence-corrected chi connectivity index (χ3v) is 5.37. The van der Waals surface area contributed by atoms with Crippen molar-refractivity contribution in [3.8, 4) is 0 Å². The van der Waals surface area contributed by atoms with Gasteiger partial charge in [-0.05, 0) is 31.5 Å². The minimum Gasteiger partial charge on any atom is -0.338 e. The number of halogens is 1. The van der Waals surface area contributed by atoms with E-state index in [1.807, 2.05) is 19.2 Å². The summed E-state index contributed by atoms with van der Waals surface area (Å²) in [7, 11) is 1.77. The monoisotopic (exact) mass is 324 g/mol. The molecule has 1 amide bonds. The van der Waals surface area contributed by atoms with Gasteiger partial charge in [0.2, 0.25) is 5.91 Å². The van der Waals surface area contributed by atoms with Gasteiger partial charge < -0.3 is 4.90 Å². The second kappa shape index (κ2) is 7.04. The van der Waals surface area contributed by atoms with Crippen LogP contribution in [0.2, 0.25) is 0 Å². The Morgan fingerprint density at radius 1 is 1.43 bits per heavy atom. The van der Waals surface area contributed by atoms with Crippen molar-refractivity contribution in [2.24, 2.45) is 0 Å². The van der Waals surface area contributed by atoms with Crippen molar-refractivity contribution in [3.05, 3.63) is 46.7 Å². The number of carbonyl (C=O) groups excluding carboxylic acids is 1. The van der Waals surface area contributed by atoms with Gasteiger partial charge in [-0.1, -0.05) is 23.9 Å². The highest BCUT2D eigenvalue weighted by Gasteiger charge is 2.18. The summed E-state index contributed by atoms with van der Waals surface area (Å²) in [6.45, 7) is 3.87. The van der Waals surface area contributed by atoms with Crippen LogP contribution in [-0.2, 0) is 4.79 Å². The molecule has 6 heteroatoms. The van der Waals surface area contributed by atoms with E-state index in [-0.39, 0.29) is 17.8 Å². The van der Waals surface area contributed by atoms with Gasteiger partial charge in [0.05, 0.1) is 11.8 Å². The fraction of sp³-hybridized carbons (Fsp3) is 0.333. The average Bonchev–Trinajstić information content (AvgIpc) is 2.89. The van der Waals surface area contributed by atoms with Crippen molar-refractivity contribution in [1.29, 1.82) is 0 Å². The van der Waals surface area contributed by atoms with Crippen LogP contribution in [0.5, 0.6) is 0 Å². The summed E-state index contributed by atoms with van der Waals surface area (Å²) in [5.74, 6) is 0.119. The van der Waals surface area contributed by atoms with E-state index in [4.69, 9.17) is 0 Å². The molecule has 0 aliphatic heterocycles. The molecule has 0 saturated heterocycles. The molecular formula is C15H17FN2OS2. The maximum atomic E-state index is 12.9. The van der Waals surface area contributed by atoms with Crippen molar-refractivity contribution < 1.29 is 9.18 Å². The van der Waals surface area contributed by atoms with E-state index < -0.39 is 0 Å². The zero-order valence-electron chi connectivity index (χ0n) is 12.2. The maximum absolute atomic E-state index is 12.9. The van der Waals surface area contributed by atoms with Crippen LogP contribution >= 0.6 is 23.1 Å². The molecular weight excluding hydrogens is 307 g/mol. The van der Waals surface area contributed by atoms with Crippen molar-refractivity contribution in [1.82, 2.24) is 9.88 Å². The third-order valence-electron chi connectivity index (χ3n) is 3.24. The number of thiazole rings is 1. The summed E-state index contributed by atoms with van der Waals surface area (Å²) in [6.07, 6.45) is 0. The second-order valence-electron chi connectivity index (χ2n) is 4.78. The van der Waals surface area contributed by atoms with Gasteiger partial charge in [0.25, 0.3) is 0 Å². The molecule has 21 heavy (non-hydrogen) atoms. The summed E-state index contributed by atoms with van der Waals surface area (Å²) in [5.41, 5.74) is 1.89. The summed E-state index contributed by atoms with van der Waals surface area (Å²) in [4.78, 5) is 18.2. The van der Waals surface area contributed by atoms with Gasteiger partial charge in [0, 0.05) is 18.1 Å². The topological polar surface area (TPSA) is 33.2 Å². The molecule has 112 valence electrons. The SMILES string of the molecule is Cc1csc(SCC(=O)N(C)C(C)c2ccc(F)cc2)n1. The Balaban J connectivity index is 1.93. The van der Waals surface area contributed by atoms with Crippen LogP contribution in [0.3, 0.4) is 0 Å². The molecule has 0 saturated carbocycles. The fourth-order valence-electron chi connectivity index (χ4n) is 1.80. The van der Waals surface area contributed by atoms with Crippen LogP contribution in [0.4, 0.5) is 4.39 Å². The number of aryl methyl sites for hydroxylation is 1. The molecule has 0 aliphatic rings. The second-order valence-corrected chi connectivity index (χ2v) is 6.86. The molecule has 0 fully saturated rings. The predicted octanol–water partition coefficient (Wildman–Crippen LogP) is 3.90. The predicted molar refractivity (Wildman–Crippen MR) is 85.2 cm³/mol. The summed E-state index contributed by atoms with van der Waals surface area (Å²) < 4.78 is 13.8. The van der Waals surface area contributed by atoms with Crippen LogP contribution in [0.25, 0.3) is 0 Å². The fourth-order valence-corrected chi connectivity index (χ4v) is 3.58. The van der Waals surface area contributed by atoms with Crippen LogP contribution in [-0.4, -0.2) is 28.6 Å². The van der Waals surface area contributed by atoms with E-state index >= 15 is 0 Å². The number of hydrogen-bond acceptors (Lipinski definition) is 4. The third kappa shape index (κ3) is 4.28. The lowest BCUT2D eigenvalue weighted by Crippen LogP contribution is -2.31. The Morgan fingerprint density at radius 2 is 2.10 bits per heavy atom. The molecule has 1 heterocycles. The van der Waals surface area contributed by atoms with Crippen LogP contribution in [0.1, 0.15) is 24.2 Å². The van der Waals surface area contributed by atoms with E-state index in [2.05, 4.69) is 4.98 Å². The maximum Gasteiger partial charge on any atom is 0.233 e. The van der Waals surface area contributed by atoms with Gasteiger partial charge in [0.15, 0.2) is 4.34 Å². The van der Waals surface area contributed by atoms with Gasteiger partial charge >= 0.3 is 0 Å². The van der Waals surface area contributed by atoms with E-state index in [1.54, 1.807) is 35.4 Å². The Morgan fingerprint density at radius 3 is 2.67 bits per heavy atom. The summed E-state index contributed by atoms with van der Waals surface area (Å²) >= 11 is 3.00. The van der Waals surface area contributed by atoms with Crippen LogP contribution < -0.4 is 0 Å². The van der Waals surface area contributed by atoms with Gasteiger partial charge in [0.1, 0.15) is 5.82 Å². The highest BCUT2D eigenvalue weighted by Crippen LogP contribution is 2.24. The highest BCUT2D eigenvalue weighted by atomic mass is 32.2. The van der Waals surface area contributed by atoms with Crippen molar-refractivity contribution >= 4 is 29.0 Å². The van der Waals surface area contributed by atoms with Crippen molar-refractivity contribution in [2.75, 3.05) is 12.8 Å². The number of carbonyl (C=O) groups is 1. The lowest BCUT2D eigenvalue weighted by atomic mass is 10.1. The number of thioether (sulfide) groups is 1. The standard InChI is InChI=1S/C15H17FN2OS2/c1-10-8-20-15(17-10)21-9-14(19)18(3)11(2)12-4-6-13(16)7-5-12/h4-8,11H,9H2,1-3H3. The number of nitrogens with zero attached hydrogens (tertiary/aromatic N) is 2. The van der Waals surface area contributed by atoms with E-state index in [0.29, 0.717) is 5.75 Å². The molecule has 1 aromatic carbocycles. The summed E-state index contributed by atoms with van der Waals surface area (Å²) in [6, 6.07) is 6.16. The summed E-state index contributed by atoms with van der Waals surface area (Å²) in [5, 5.41) is 1.97. The number of aromatic nitrogens is 1. The zero-order chi connectivity index (χ0) is 15.4. The first-order valence-corrected chi connectivity index (χ1v) is 8.40. The molecule has 0 aliphatic carbocycles. The lowest BCUT2D eigenvalue weighted by Gasteiger charge is -2.25. The minimum absolute atomic E-state index is 0.0321. The largest absolute Gasteiger partial charge is 0.338 e. The molecule has 0 bridgehead atoms. The van der Waals surface area contributed by atoms with Gasteiger partial charge in [-0.25, -0.2) is 9.37 Å². The van der Waals surface area contributed by atoms with Gasteiger partial charge in [-0.3, -0.25) is 4.79 Å². The smallest absolute Gasteiger partial charge is 0.233 e. The van der Waals surface area contributed by atoms with E-state index in [1.165, 1.54) is 23.9 Å². The molecule has 1 atom stereocenters. The number of hydrogen-bond donors (Lipinski definition) is 0. The first-order chi connectivity index (χ1) is 9.97. The Bertz CT molecular complexity index is 612. The molecule has 0 radical (unpaired) electrons. The Kier molecular flexibility index (Phi) is 5.36. The Labute approximate surface area is 132 Å². The van der Waals surface area contributed by atoms with Gasteiger partial charge in [-0.2, -0.15) is 0 Å². The van der Waals surface area contributed by atoms with E-state index in [0.717, 1.165) is 15.6 Å². The van der Waals surface area contributed by atoms with E-state index in [9.17, 15) is 9.18 Å². The molecule has 1 aromatic heterocycles. The Hall–Kier alpha value is -1.40. The minimum atomic E-state index is -0.269. The molecule has 3 nitrogen and oxygen atoms in total. The quantitative estimate of drug-likeness (QED) is 0.782. The molecule has 2 aromatic rings. The highest BCUT2D eigenvalue weighted by molar-refractivity contribution is 8.01.